The van der Waals surface area contributed by atoms with Crippen molar-refractivity contribution in [1.29, 1.82) is 0 Å². The number of carbonyl (C=O) groups is 2. The molecule has 1 N–H and O–H groups in total. The van der Waals surface area contributed by atoms with Gasteiger partial charge in [-0.05, 0) is 32.0 Å². The fourth-order valence-electron chi connectivity index (χ4n) is 2.17. The molecular weight excluding hydrogens is 324 g/mol. The van der Waals surface area contributed by atoms with Gasteiger partial charge in [-0.2, -0.15) is 10.1 Å². The molecule has 0 fully saturated rings. The molecule has 0 aliphatic carbocycles. The van der Waals surface area contributed by atoms with E-state index in [9.17, 15) is 9.59 Å². The number of amides is 1. The van der Waals surface area contributed by atoms with Crippen LogP contribution in [0.1, 0.15) is 33.7 Å². The average Bonchev–Trinajstić information content (AvgIpc) is 3.23. The van der Waals surface area contributed by atoms with Crippen LogP contribution in [0, 0.1) is 6.92 Å². The molecule has 3 rings (SSSR count). The summed E-state index contributed by atoms with van der Waals surface area (Å²) in [6.07, 6.45) is 1.68. The van der Waals surface area contributed by atoms with Gasteiger partial charge in [-0.1, -0.05) is 18.2 Å². The molecular formula is C17H16N4O4. The number of nitrogens with zero attached hydrogens (tertiary/aromatic N) is 3. The number of ether oxygens (including phenoxy) is 1. The first-order valence-corrected chi connectivity index (χ1v) is 7.65. The van der Waals surface area contributed by atoms with E-state index in [0.29, 0.717) is 0 Å². The number of benzene rings is 1. The first kappa shape index (κ1) is 16.4. The number of hydrogen-bond donors (Lipinski definition) is 1. The van der Waals surface area contributed by atoms with E-state index in [2.05, 4.69) is 15.4 Å². The molecule has 25 heavy (non-hydrogen) atoms. The van der Waals surface area contributed by atoms with E-state index < -0.39 is 11.9 Å². The minimum Gasteiger partial charge on any atom is -0.461 e. The maximum absolute atomic E-state index is 12.3. The predicted molar refractivity (Wildman–Crippen MR) is 88.7 cm³/mol. The third-order valence-corrected chi connectivity index (χ3v) is 3.33. The van der Waals surface area contributed by atoms with Gasteiger partial charge in [-0.3, -0.25) is 10.1 Å². The summed E-state index contributed by atoms with van der Waals surface area (Å²) in [5, 5.41) is 6.69. The number of aryl methyl sites for hydroxylation is 1. The quantitative estimate of drug-likeness (QED) is 0.717. The van der Waals surface area contributed by atoms with Gasteiger partial charge in [0, 0.05) is 6.20 Å². The van der Waals surface area contributed by atoms with Crippen molar-refractivity contribution in [3.8, 4) is 5.69 Å². The van der Waals surface area contributed by atoms with Crippen molar-refractivity contribution in [2.75, 3.05) is 11.9 Å². The summed E-state index contributed by atoms with van der Waals surface area (Å²) in [5.74, 6) is -0.826. The smallest absolute Gasteiger partial charge is 0.360 e. The second-order valence-electron chi connectivity index (χ2n) is 5.08. The van der Waals surface area contributed by atoms with Crippen molar-refractivity contribution in [2.24, 2.45) is 0 Å². The number of carbonyl (C=O) groups excluding carboxylic acids is 2. The number of hydrogen-bond acceptors (Lipinski definition) is 6. The number of oxazole rings is 1. The maximum atomic E-state index is 12.3. The van der Waals surface area contributed by atoms with E-state index in [0.717, 1.165) is 5.69 Å². The first-order valence-electron chi connectivity index (χ1n) is 7.65. The largest absolute Gasteiger partial charge is 0.461 e. The number of para-hydroxylation sites is 1. The fourth-order valence-corrected chi connectivity index (χ4v) is 2.17. The third-order valence-electron chi connectivity index (χ3n) is 3.33. The molecule has 0 saturated heterocycles. The normalized spacial score (nSPS) is 10.5. The molecule has 2 heterocycles. The van der Waals surface area contributed by atoms with E-state index in [4.69, 9.17) is 9.15 Å². The minimum absolute atomic E-state index is 0.0342. The molecule has 0 spiro atoms. The van der Waals surface area contributed by atoms with Crippen molar-refractivity contribution < 1.29 is 18.7 Å². The van der Waals surface area contributed by atoms with Gasteiger partial charge >= 0.3 is 12.0 Å². The van der Waals surface area contributed by atoms with Gasteiger partial charge in [0.1, 0.15) is 5.76 Å². The number of aromatic nitrogens is 3. The summed E-state index contributed by atoms with van der Waals surface area (Å²) in [6, 6.07) is 10.9. The van der Waals surface area contributed by atoms with Crippen molar-refractivity contribution in [2.45, 2.75) is 13.8 Å². The van der Waals surface area contributed by atoms with E-state index >= 15 is 0 Å². The highest BCUT2D eigenvalue weighted by molar-refractivity contribution is 6.02. The van der Waals surface area contributed by atoms with E-state index in [1.54, 1.807) is 30.8 Å². The van der Waals surface area contributed by atoms with Crippen LogP contribution in [0.25, 0.3) is 5.69 Å². The summed E-state index contributed by atoms with van der Waals surface area (Å²) < 4.78 is 11.7. The molecule has 0 aliphatic rings. The van der Waals surface area contributed by atoms with E-state index in [1.165, 1.54) is 0 Å². The van der Waals surface area contributed by atoms with Gasteiger partial charge in [-0.15, -0.1) is 0 Å². The standard InChI is InChI=1S/C17H16N4O4/c1-3-24-16(23)14-11(2)25-17(18-14)19-15(22)13-9-10-21(20-13)12-7-5-4-6-8-12/h4-10H,3H2,1-2H3,(H,18,19,22). The van der Waals surface area contributed by atoms with Crippen molar-refractivity contribution >= 4 is 17.9 Å². The molecule has 0 aliphatic heterocycles. The van der Waals surface area contributed by atoms with Crippen molar-refractivity contribution in [1.82, 2.24) is 14.8 Å². The van der Waals surface area contributed by atoms with Crippen LogP contribution in [0.5, 0.6) is 0 Å². The van der Waals surface area contributed by atoms with Gasteiger partial charge in [0.05, 0.1) is 12.3 Å². The van der Waals surface area contributed by atoms with Crippen LogP contribution in [-0.4, -0.2) is 33.2 Å². The molecule has 8 heteroatoms. The molecule has 0 radical (unpaired) electrons. The highest BCUT2D eigenvalue weighted by atomic mass is 16.5. The molecule has 0 atom stereocenters. The van der Waals surface area contributed by atoms with Gasteiger partial charge < -0.3 is 9.15 Å². The summed E-state index contributed by atoms with van der Waals surface area (Å²) >= 11 is 0. The Hall–Kier alpha value is -3.42. The van der Waals surface area contributed by atoms with Crippen LogP contribution < -0.4 is 5.32 Å². The molecule has 0 unspecified atom stereocenters. The second-order valence-corrected chi connectivity index (χ2v) is 5.08. The SMILES string of the molecule is CCOC(=O)c1nc(NC(=O)c2ccn(-c3ccccc3)n2)oc1C. The lowest BCUT2D eigenvalue weighted by Gasteiger charge is -2.00. The average molecular weight is 340 g/mol. The Labute approximate surface area is 143 Å². The van der Waals surface area contributed by atoms with Gasteiger partial charge in [0.2, 0.25) is 0 Å². The number of anilines is 1. The second kappa shape index (κ2) is 7.00. The molecule has 1 amide bonds. The zero-order chi connectivity index (χ0) is 17.8. The topological polar surface area (TPSA) is 99.2 Å². The van der Waals surface area contributed by atoms with Crippen LogP contribution in [-0.2, 0) is 4.74 Å². The highest BCUT2D eigenvalue weighted by Gasteiger charge is 2.20. The van der Waals surface area contributed by atoms with Crippen LogP contribution in [0.2, 0.25) is 0 Å². The molecule has 128 valence electrons. The van der Waals surface area contributed by atoms with Crippen molar-refractivity contribution in [3.63, 3.8) is 0 Å². The zero-order valence-corrected chi connectivity index (χ0v) is 13.7. The Morgan fingerprint density at radius 2 is 2.00 bits per heavy atom. The molecule has 2 aromatic heterocycles. The summed E-state index contributed by atoms with van der Waals surface area (Å²) in [5.41, 5.74) is 1.06. The number of esters is 1. The Balaban J connectivity index is 1.74. The summed E-state index contributed by atoms with van der Waals surface area (Å²) in [6.45, 7) is 3.49. The van der Waals surface area contributed by atoms with Gasteiger partial charge in [0.25, 0.3) is 5.91 Å². The minimum atomic E-state index is -0.599. The number of rotatable bonds is 5. The molecule has 0 saturated carbocycles. The lowest BCUT2D eigenvalue weighted by molar-refractivity contribution is 0.0518. The third kappa shape index (κ3) is 3.57. The van der Waals surface area contributed by atoms with Crippen LogP contribution >= 0.6 is 0 Å². The lowest BCUT2D eigenvalue weighted by Crippen LogP contribution is -2.14. The van der Waals surface area contributed by atoms with Crippen LogP contribution in [0.4, 0.5) is 6.01 Å². The Morgan fingerprint density at radius 1 is 1.24 bits per heavy atom. The van der Waals surface area contributed by atoms with E-state index in [1.807, 2.05) is 30.3 Å². The molecule has 1 aromatic carbocycles. The monoisotopic (exact) mass is 340 g/mol. The zero-order valence-electron chi connectivity index (χ0n) is 13.7. The van der Waals surface area contributed by atoms with Gasteiger partial charge in [-0.25, -0.2) is 9.48 Å². The molecule has 0 bridgehead atoms. The molecule has 8 nitrogen and oxygen atoms in total. The lowest BCUT2D eigenvalue weighted by atomic mass is 10.3. The maximum Gasteiger partial charge on any atom is 0.360 e. The Bertz CT molecular complexity index is 899. The first-order chi connectivity index (χ1) is 12.1. The van der Waals surface area contributed by atoms with Gasteiger partial charge in [0.15, 0.2) is 11.4 Å². The van der Waals surface area contributed by atoms with Crippen LogP contribution in [0.15, 0.2) is 47.0 Å². The summed E-state index contributed by atoms with van der Waals surface area (Å²) in [7, 11) is 0. The molecule has 3 aromatic rings. The highest BCUT2D eigenvalue weighted by Crippen LogP contribution is 2.16. The number of nitrogens with one attached hydrogen (secondary N) is 1. The van der Waals surface area contributed by atoms with Crippen LogP contribution in [0.3, 0.4) is 0 Å². The Morgan fingerprint density at radius 3 is 2.72 bits per heavy atom. The Kier molecular flexibility index (Phi) is 4.60. The summed E-state index contributed by atoms with van der Waals surface area (Å²) in [4.78, 5) is 27.9. The van der Waals surface area contributed by atoms with Crippen molar-refractivity contribution in [3.05, 3.63) is 59.7 Å². The predicted octanol–water partition coefficient (Wildman–Crippen LogP) is 2.60. The van der Waals surface area contributed by atoms with E-state index in [-0.39, 0.29) is 29.8 Å². The fraction of sp³-hybridized carbons (Fsp3) is 0.176.